The number of halogens is 2. The van der Waals surface area contributed by atoms with Gasteiger partial charge in [-0.1, -0.05) is 19.1 Å². The molecule has 0 aromatic heterocycles. The smallest absolute Gasteiger partial charge is 0.387 e. The molecular formula is C11H12F2O4. The minimum absolute atomic E-state index is 0.0304. The Morgan fingerprint density at radius 1 is 1.41 bits per heavy atom. The predicted octanol–water partition coefficient (Wildman–Crippen LogP) is 1.97. The van der Waals surface area contributed by atoms with Crippen LogP contribution >= 0.6 is 0 Å². The van der Waals surface area contributed by atoms with E-state index in [2.05, 4.69) is 4.74 Å². The number of carboxylic acid groups (broad SMARTS) is 1. The average molecular weight is 246 g/mol. The lowest BCUT2D eigenvalue weighted by Gasteiger charge is -2.22. The Labute approximate surface area is 96.5 Å². The van der Waals surface area contributed by atoms with Gasteiger partial charge >= 0.3 is 12.6 Å². The van der Waals surface area contributed by atoms with Crippen LogP contribution in [0.25, 0.3) is 0 Å². The summed E-state index contributed by atoms with van der Waals surface area (Å²) in [6, 6.07) is 4.86. The second kappa shape index (κ2) is 5.09. The molecule has 0 spiro atoms. The fourth-order valence-electron chi connectivity index (χ4n) is 1.39. The van der Waals surface area contributed by atoms with E-state index in [4.69, 9.17) is 5.11 Å². The molecule has 0 heterocycles. The third-order valence-electron chi connectivity index (χ3n) is 2.42. The number of hydrogen-bond acceptors (Lipinski definition) is 3. The van der Waals surface area contributed by atoms with E-state index in [1.165, 1.54) is 31.2 Å². The molecule has 0 aliphatic carbocycles. The van der Waals surface area contributed by atoms with Gasteiger partial charge in [0.15, 0.2) is 5.60 Å². The van der Waals surface area contributed by atoms with Crippen LogP contribution in [0.15, 0.2) is 24.3 Å². The van der Waals surface area contributed by atoms with Gasteiger partial charge in [-0.05, 0) is 24.1 Å². The van der Waals surface area contributed by atoms with Crippen LogP contribution in [0, 0.1) is 0 Å². The molecule has 1 unspecified atom stereocenters. The van der Waals surface area contributed by atoms with Crippen LogP contribution in [0.2, 0.25) is 0 Å². The van der Waals surface area contributed by atoms with Gasteiger partial charge in [0.2, 0.25) is 0 Å². The summed E-state index contributed by atoms with van der Waals surface area (Å²) < 4.78 is 27.9. The lowest BCUT2D eigenvalue weighted by Crippen LogP contribution is -2.34. The maximum atomic E-state index is 11.9. The highest BCUT2D eigenvalue weighted by Crippen LogP contribution is 2.27. The van der Waals surface area contributed by atoms with Gasteiger partial charge in [0.1, 0.15) is 5.75 Å². The topological polar surface area (TPSA) is 66.8 Å². The Morgan fingerprint density at radius 2 is 1.94 bits per heavy atom. The fraction of sp³-hybridized carbons (Fsp3) is 0.364. The van der Waals surface area contributed by atoms with E-state index in [0.717, 1.165) is 0 Å². The number of benzene rings is 1. The number of ether oxygens (including phenoxy) is 1. The Balaban J connectivity index is 2.97. The zero-order chi connectivity index (χ0) is 13.1. The number of hydrogen-bond donors (Lipinski definition) is 2. The maximum Gasteiger partial charge on any atom is 0.387 e. The summed E-state index contributed by atoms with van der Waals surface area (Å²) in [5.41, 5.74) is -1.89. The first-order valence-corrected chi connectivity index (χ1v) is 4.91. The quantitative estimate of drug-likeness (QED) is 0.833. The minimum Gasteiger partial charge on any atom is -0.479 e. The third kappa shape index (κ3) is 2.91. The third-order valence-corrected chi connectivity index (χ3v) is 2.42. The van der Waals surface area contributed by atoms with Crippen LogP contribution in [0.3, 0.4) is 0 Å². The number of alkyl halides is 2. The summed E-state index contributed by atoms with van der Waals surface area (Å²) in [6.45, 7) is -1.43. The first-order valence-electron chi connectivity index (χ1n) is 4.91. The normalized spacial score (nSPS) is 14.4. The Hall–Kier alpha value is -1.69. The lowest BCUT2D eigenvalue weighted by atomic mass is 9.91. The Kier molecular flexibility index (Phi) is 4.01. The Bertz CT molecular complexity index is 391. The largest absolute Gasteiger partial charge is 0.479 e. The average Bonchev–Trinajstić information content (AvgIpc) is 2.28. The molecule has 2 N–H and O–H groups in total. The van der Waals surface area contributed by atoms with E-state index in [1.807, 2.05) is 0 Å². The molecule has 17 heavy (non-hydrogen) atoms. The molecule has 1 aromatic carbocycles. The van der Waals surface area contributed by atoms with Crippen molar-refractivity contribution in [3.8, 4) is 5.75 Å². The number of carbonyl (C=O) groups is 1. The molecule has 1 atom stereocenters. The van der Waals surface area contributed by atoms with Gasteiger partial charge in [0, 0.05) is 0 Å². The molecule has 0 fully saturated rings. The zero-order valence-electron chi connectivity index (χ0n) is 9.06. The van der Waals surface area contributed by atoms with E-state index < -0.39 is 18.2 Å². The van der Waals surface area contributed by atoms with Gasteiger partial charge in [-0.2, -0.15) is 8.78 Å². The monoisotopic (exact) mass is 246 g/mol. The first kappa shape index (κ1) is 13.4. The summed E-state index contributed by atoms with van der Waals surface area (Å²) in [4.78, 5) is 10.9. The Morgan fingerprint density at radius 3 is 2.29 bits per heavy atom. The highest BCUT2D eigenvalue weighted by Gasteiger charge is 2.35. The van der Waals surface area contributed by atoms with Crippen molar-refractivity contribution in [3.05, 3.63) is 29.8 Å². The lowest BCUT2D eigenvalue weighted by molar-refractivity contribution is -0.160. The van der Waals surface area contributed by atoms with Gasteiger partial charge < -0.3 is 14.9 Å². The second-order valence-corrected chi connectivity index (χ2v) is 3.42. The number of aliphatic carboxylic acids is 1. The first-order chi connectivity index (χ1) is 7.90. The van der Waals surface area contributed by atoms with E-state index in [1.54, 1.807) is 0 Å². The number of carboxylic acids is 1. The van der Waals surface area contributed by atoms with E-state index in [9.17, 15) is 18.7 Å². The van der Waals surface area contributed by atoms with Crippen LogP contribution in [-0.4, -0.2) is 22.8 Å². The molecular weight excluding hydrogens is 234 g/mol. The molecule has 0 bridgehead atoms. The van der Waals surface area contributed by atoms with Crippen molar-refractivity contribution >= 4 is 5.97 Å². The summed E-state index contributed by atoms with van der Waals surface area (Å²) in [7, 11) is 0. The molecule has 94 valence electrons. The van der Waals surface area contributed by atoms with Crippen LogP contribution < -0.4 is 4.74 Å². The summed E-state index contributed by atoms with van der Waals surface area (Å²) in [5.74, 6) is -1.48. The van der Waals surface area contributed by atoms with Gasteiger partial charge in [-0.15, -0.1) is 0 Å². The summed E-state index contributed by atoms with van der Waals surface area (Å²) in [6.07, 6.45) is -0.0304. The zero-order valence-corrected chi connectivity index (χ0v) is 9.06. The number of aliphatic hydroxyl groups is 1. The predicted molar refractivity (Wildman–Crippen MR) is 54.9 cm³/mol. The molecule has 1 rings (SSSR count). The summed E-state index contributed by atoms with van der Waals surface area (Å²) in [5, 5.41) is 18.8. The van der Waals surface area contributed by atoms with Gasteiger partial charge in [-0.25, -0.2) is 4.79 Å². The van der Waals surface area contributed by atoms with Crippen molar-refractivity contribution in [3.63, 3.8) is 0 Å². The van der Waals surface area contributed by atoms with Gasteiger partial charge in [0.25, 0.3) is 0 Å². The highest BCUT2D eigenvalue weighted by atomic mass is 19.3. The van der Waals surface area contributed by atoms with Crippen molar-refractivity contribution in [1.82, 2.24) is 0 Å². The molecule has 6 heteroatoms. The molecule has 0 aliphatic heterocycles. The van der Waals surface area contributed by atoms with Crippen LogP contribution in [0.5, 0.6) is 5.75 Å². The molecule has 1 aromatic rings. The van der Waals surface area contributed by atoms with E-state index in [-0.39, 0.29) is 17.7 Å². The standard InChI is InChI=1S/C11H12F2O4/c1-2-11(16,9(14)15)7-3-5-8(6-4-7)17-10(12)13/h3-6,10,16H,2H2,1H3,(H,14,15). The van der Waals surface area contributed by atoms with Crippen molar-refractivity contribution in [2.75, 3.05) is 0 Å². The highest BCUT2D eigenvalue weighted by molar-refractivity contribution is 5.79. The van der Waals surface area contributed by atoms with Gasteiger partial charge in [-0.3, -0.25) is 0 Å². The summed E-state index contributed by atoms with van der Waals surface area (Å²) >= 11 is 0. The minimum atomic E-state index is -2.94. The maximum absolute atomic E-state index is 11.9. The van der Waals surface area contributed by atoms with E-state index >= 15 is 0 Å². The van der Waals surface area contributed by atoms with Crippen molar-refractivity contribution < 1.29 is 28.5 Å². The van der Waals surface area contributed by atoms with Crippen LogP contribution in [0.4, 0.5) is 8.78 Å². The molecule has 0 radical (unpaired) electrons. The van der Waals surface area contributed by atoms with Crippen molar-refractivity contribution in [2.45, 2.75) is 25.6 Å². The van der Waals surface area contributed by atoms with Crippen molar-refractivity contribution in [1.29, 1.82) is 0 Å². The molecule has 0 aliphatic rings. The van der Waals surface area contributed by atoms with E-state index in [0.29, 0.717) is 0 Å². The SMILES string of the molecule is CCC(O)(C(=O)O)c1ccc(OC(F)F)cc1. The second-order valence-electron chi connectivity index (χ2n) is 3.42. The molecule has 4 nitrogen and oxygen atoms in total. The van der Waals surface area contributed by atoms with Crippen LogP contribution in [0.1, 0.15) is 18.9 Å². The molecule has 0 amide bonds. The van der Waals surface area contributed by atoms with Crippen LogP contribution in [-0.2, 0) is 10.4 Å². The molecule has 0 saturated heterocycles. The van der Waals surface area contributed by atoms with Crippen molar-refractivity contribution in [2.24, 2.45) is 0 Å². The van der Waals surface area contributed by atoms with Gasteiger partial charge in [0.05, 0.1) is 0 Å². The fourth-order valence-corrected chi connectivity index (χ4v) is 1.39. The molecule has 0 saturated carbocycles. The number of rotatable bonds is 5.